The Morgan fingerprint density at radius 2 is 1.74 bits per heavy atom. The third-order valence-corrected chi connectivity index (χ3v) is 8.01. The average Bonchev–Trinajstić information content (AvgIpc) is 3.27. The topological polar surface area (TPSA) is 48.1 Å². The van der Waals surface area contributed by atoms with Crippen molar-refractivity contribution < 1.29 is 4.79 Å². The second-order valence-corrected chi connectivity index (χ2v) is 11.4. The molecular weight excluding hydrogens is 466 g/mol. The Kier molecular flexibility index (Phi) is 7.99. The Morgan fingerprint density at radius 1 is 0.974 bits per heavy atom. The molecule has 1 aliphatic rings. The highest BCUT2D eigenvalue weighted by Crippen LogP contribution is 2.33. The molecule has 0 aliphatic carbocycles. The molecule has 0 bridgehead atoms. The summed E-state index contributed by atoms with van der Waals surface area (Å²) < 4.78 is 0. The highest BCUT2D eigenvalue weighted by atomic mass is 16.1. The van der Waals surface area contributed by atoms with Gasteiger partial charge in [-0.05, 0) is 112 Å². The zero-order valence-electron chi connectivity index (χ0n) is 23.3. The molecule has 1 aromatic heterocycles. The number of carbonyl (C=O) groups excluding carboxylic acids is 1. The van der Waals surface area contributed by atoms with Gasteiger partial charge in [0.2, 0.25) is 5.91 Å². The lowest BCUT2D eigenvalue weighted by Gasteiger charge is -2.32. The summed E-state index contributed by atoms with van der Waals surface area (Å²) in [4.78, 5) is 18.5. The number of aromatic nitrogens is 1. The molecule has 0 radical (unpaired) electrons. The number of amides is 1. The number of aryl methyl sites for hydroxylation is 3. The molecule has 3 aromatic carbocycles. The summed E-state index contributed by atoms with van der Waals surface area (Å²) in [5, 5.41) is 4.42. The van der Waals surface area contributed by atoms with E-state index in [2.05, 4.69) is 89.7 Å². The van der Waals surface area contributed by atoms with E-state index in [9.17, 15) is 4.79 Å². The minimum atomic E-state index is -0.0111. The van der Waals surface area contributed by atoms with Gasteiger partial charge in [-0.3, -0.25) is 4.79 Å². The molecular formula is C34H41N3O. The van der Waals surface area contributed by atoms with Crippen molar-refractivity contribution in [3.63, 3.8) is 0 Å². The molecule has 1 saturated heterocycles. The molecule has 1 amide bonds. The smallest absolute Gasteiger partial charge is 0.226 e. The minimum Gasteiger partial charge on any atom is -0.354 e. The Labute approximate surface area is 227 Å². The van der Waals surface area contributed by atoms with Crippen LogP contribution in [0.3, 0.4) is 0 Å². The Bertz CT molecular complexity index is 1410. The number of H-pyrrole nitrogens is 1. The van der Waals surface area contributed by atoms with Crippen LogP contribution in [0.1, 0.15) is 61.3 Å². The maximum Gasteiger partial charge on any atom is 0.226 e. The van der Waals surface area contributed by atoms with Gasteiger partial charge >= 0.3 is 0 Å². The van der Waals surface area contributed by atoms with Gasteiger partial charge in [0.05, 0.1) is 0 Å². The van der Waals surface area contributed by atoms with Gasteiger partial charge in [-0.1, -0.05) is 61.4 Å². The lowest BCUT2D eigenvalue weighted by molar-refractivity contribution is -0.118. The zero-order valence-corrected chi connectivity index (χ0v) is 23.3. The van der Waals surface area contributed by atoms with E-state index >= 15 is 0 Å². The van der Waals surface area contributed by atoms with Crippen LogP contribution >= 0.6 is 0 Å². The zero-order chi connectivity index (χ0) is 26.6. The van der Waals surface area contributed by atoms with Gasteiger partial charge in [0.1, 0.15) is 0 Å². The molecule has 0 atom stereocenters. The average molecular weight is 508 g/mol. The number of nitrogens with one attached hydrogen (secondary N) is 2. The van der Waals surface area contributed by atoms with E-state index in [4.69, 9.17) is 0 Å². The summed E-state index contributed by atoms with van der Waals surface area (Å²) >= 11 is 0. The number of hydrogen-bond acceptors (Lipinski definition) is 2. The number of piperidine rings is 1. The van der Waals surface area contributed by atoms with Crippen molar-refractivity contribution in [2.75, 3.05) is 25.0 Å². The summed E-state index contributed by atoms with van der Waals surface area (Å²) in [6.07, 6.45) is 4.57. The van der Waals surface area contributed by atoms with Gasteiger partial charge in [-0.15, -0.1) is 0 Å². The van der Waals surface area contributed by atoms with Crippen LogP contribution < -0.4 is 5.32 Å². The summed E-state index contributed by atoms with van der Waals surface area (Å²) in [5.74, 6) is 0.627. The monoisotopic (exact) mass is 507 g/mol. The molecule has 2 heterocycles. The molecule has 0 spiro atoms. The molecule has 4 heteroatoms. The fraction of sp³-hybridized carbons (Fsp3) is 0.382. The van der Waals surface area contributed by atoms with E-state index in [1.54, 1.807) is 0 Å². The molecule has 1 fully saturated rings. The van der Waals surface area contributed by atoms with Crippen LogP contribution in [0.2, 0.25) is 0 Å². The van der Waals surface area contributed by atoms with E-state index in [1.807, 2.05) is 19.9 Å². The standard InChI is InChI=1S/C34H41N3O/c1-23(2)34(38)35-29-11-6-9-27(22-29)26-15-18-37(19-16-26)17-7-12-30-31-21-25(4)13-14-32(31)36-33(30)28-10-5-8-24(3)20-28/h5-6,8-11,13-14,20-23,26,36H,7,12,15-19H2,1-4H3,(H,35,38). The first-order valence-electron chi connectivity index (χ1n) is 14.2. The maximum absolute atomic E-state index is 12.1. The van der Waals surface area contributed by atoms with Gasteiger partial charge in [-0.2, -0.15) is 0 Å². The van der Waals surface area contributed by atoms with Crippen molar-refractivity contribution in [1.29, 1.82) is 0 Å². The van der Waals surface area contributed by atoms with E-state index in [0.717, 1.165) is 38.2 Å². The fourth-order valence-corrected chi connectivity index (χ4v) is 5.79. The predicted molar refractivity (Wildman–Crippen MR) is 160 cm³/mol. The molecule has 198 valence electrons. The molecule has 0 unspecified atom stereocenters. The number of benzene rings is 3. The van der Waals surface area contributed by atoms with Gasteiger partial charge in [0.25, 0.3) is 0 Å². The van der Waals surface area contributed by atoms with E-state index in [1.165, 1.54) is 57.3 Å². The Hall–Kier alpha value is -3.37. The lowest BCUT2D eigenvalue weighted by Crippen LogP contribution is -2.33. The molecule has 5 rings (SSSR count). The highest BCUT2D eigenvalue weighted by molar-refractivity contribution is 5.92. The largest absolute Gasteiger partial charge is 0.354 e. The van der Waals surface area contributed by atoms with E-state index < -0.39 is 0 Å². The Balaban J connectivity index is 1.21. The first-order chi connectivity index (χ1) is 18.4. The number of fused-ring (bicyclic) bond motifs is 1. The van der Waals surface area contributed by atoms with Crippen LogP contribution in [-0.2, 0) is 11.2 Å². The van der Waals surface area contributed by atoms with Crippen LogP contribution in [0, 0.1) is 19.8 Å². The second-order valence-electron chi connectivity index (χ2n) is 11.4. The third kappa shape index (κ3) is 6.02. The van der Waals surface area contributed by atoms with Gasteiger partial charge < -0.3 is 15.2 Å². The molecule has 4 nitrogen and oxygen atoms in total. The van der Waals surface area contributed by atoms with Crippen molar-refractivity contribution in [3.05, 3.63) is 89.0 Å². The quantitative estimate of drug-likeness (QED) is 0.255. The first-order valence-corrected chi connectivity index (χ1v) is 14.2. The number of likely N-dealkylation sites (tertiary alicyclic amines) is 1. The van der Waals surface area contributed by atoms with Crippen molar-refractivity contribution in [1.82, 2.24) is 9.88 Å². The van der Waals surface area contributed by atoms with Crippen molar-refractivity contribution in [3.8, 4) is 11.3 Å². The summed E-state index contributed by atoms with van der Waals surface area (Å²) in [7, 11) is 0. The fourth-order valence-electron chi connectivity index (χ4n) is 5.79. The number of rotatable bonds is 8. The number of anilines is 1. The highest BCUT2D eigenvalue weighted by Gasteiger charge is 2.21. The normalized spacial score (nSPS) is 14.9. The Morgan fingerprint density at radius 3 is 2.50 bits per heavy atom. The van der Waals surface area contributed by atoms with E-state index in [-0.39, 0.29) is 11.8 Å². The van der Waals surface area contributed by atoms with Crippen LogP contribution in [0.25, 0.3) is 22.2 Å². The predicted octanol–water partition coefficient (Wildman–Crippen LogP) is 7.86. The van der Waals surface area contributed by atoms with Crippen LogP contribution in [-0.4, -0.2) is 35.4 Å². The van der Waals surface area contributed by atoms with Gasteiger partial charge in [0.15, 0.2) is 0 Å². The van der Waals surface area contributed by atoms with E-state index in [0.29, 0.717) is 5.92 Å². The summed E-state index contributed by atoms with van der Waals surface area (Å²) in [6, 6.07) is 24.1. The third-order valence-electron chi connectivity index (χ3n) is 8.01. The number of hydrogen-bond donors (Lipinski definition) is 2. The van der Waals surface area contributed by atoms with Crippen LogP contribution in [0.5, 0.6) is 0 Å². The second kappa shape index (κ2) is 11.6. The molecule has 4 aromatic rings. The number of nitrogens with zero attached hydrogens (tertiary/aromatic N) is 1. The van der Waals surface area contributed by atoms with Crippen LogP contribution in [0.15, 0.2) is 66.7 Å². The minimum absolute atomic E-state index is 0.0111. The number of carbonyl (C=O) groups is 1. The van der Waals surface area contributed by atoms with Gasteiger partial charge in [-0.25, -0.2) is 0 Å². The first kappa shape index (κ1) is 26.2. The van der Waals surface area contributed by atoms with Crippen molar-refractivity contribution in [2.24, 2.45) is 5.92 Å². The maximum atomic E-state index is 12.1. The SMILES string of the molecule is Cc1cccc(-c2[nH]c3ccc(C)cc3c2CCCN2CCC(c3cccc(NC(=O)C(C)C)c3)CC2)c1. The van der Waals surface area contributed by atoms with Crippen molar-refractivity contribution in [2.45, 2.75) is 59.3 Å². The molecule has 2 N–H and O–H groups in total. The molecule has 1 aliphatic heterocycles. The number of aromatic amines is 1. The van der Waals surface area contributed by atoms with Crippen LogP contribution in [0.4, 0.5) is 5.69 Å². The van der Waals surface area contributed by atoms with Crippen molar-refractivity contribution >= 4 is 22.5 Å². The van der Waals surface area contributed by atoms with Gasteiger partial charge in [0, 0.05) is 28.2 Å². The summed E-state index contributed by atoms with van der Waals surface area (Å²) in [5.41, 5.74) is 10.1. The molecule has 0 saturated carbocycles. The summed E-state index contributed by atoms with van der Waals surface area (Å²) in [6.45, 7) is 11.6. The lowest BCUT2D eigenvalue weighted by atomic mass is 9.89. The molecule has 38 heavy (non-hydrogen) atoms.